The van der Waals surface area contributed by atoms with Gasteiger partial charge in [0.05, 0.1) is 11.7 Å². The SMILES string of the molecule is Cc1ccn2c(C)ncc2c1. The highest BCUT2D eigenvalue weighted by atomic mass is 15.0. The van der Waals surface area contributed by atoms with Crippen LogP contribution < -0.4 is 0 Å². The molecular weight excluding hydrogens is 136 g/mol. The summed E-state index contributed by atoms with van der Waals surface area (Å²) in [6, 6.07) is 4.21. The van der Waals surface area contributed by atoms with Crippen molar-refractivity contribution in [3.05, 3.63) is 35.9 Å². The Hall–Kier alpha value is -1.31. The van der Waals surface area contributed by atoms with Gasteiger partial charge in [0, 0.05) is 6.20 Å². The minimum Gasteiger partial charge on any atom is -0.304 e. The van der Waals surface area contributed by atoms with Gasteiger partial charge in [0.25, 0.3) is 0 Å². The van der Waals surface area contributed by atoms with Crippen LogP contribution in [0.1, 0.15) is 11.4 Å². The van der Waals surface area contributed by atoms with Gasteiger partial charge in [0.15, 0.2) is 0 Å². The smallest absolute Gasteiger partial charge is 0.110 e. The van der Waals surface area contributed by atoms with Gasteiger partial charge >= 0.3 is 0 Å². The third kappa shape index (κ3) is 0.909. The molecule has 2 heteroatoms. The summed E-state index contributed by atoms with van der Waals surface area (Å²) in [7, 11) is 0. The average molecular weight is 146 g/mol. The third-order valence-electron chi connectivity index (χ3n) is 1.87. The van der Waals surface area contributed by atoms with E-state index >= 15 is 0 Å². The van der Waals surface area contributed by atoms with E-state index < -0.39 is 0 Å². The highest BCUT2D eigenvalue weighted by molar-refractivity contribution is 5.47. The lowest BCUT2D eigenvalue weighted by Crippen LogP contribution is -1.86. The van der Waals surface area contributed by atoms with E-state index in [1.54, 1.807) is 0 Å². The quantitative estimate of drug-likeness (QED) is 0.555. The van der Waals surface area contributed by atoms with Crippen LogP contribution in [0.2, 0.25) is 0 Å². The number of aryl methyl sites for hydroxylation is 2. The lowest BCUT2D eigenvalue weighted by Gasteiger charge is -1.95. The molecule has 0 spiro atoms. The number of nitrogens with zero attached hydrogens (tertiary/aromatic N) is 2. The molecule has 0 aromatic carbocycles. The van der Waals surface area contributed by atoms with Gasteiger partial charge in [-0.3, -0.25) is 0 Å². The zero-order valence-corrected chi connectivity index (χ0v) is 6.70. The van der Waals surface area contributed by atoms with Crippen LogP contribution in [0.3, 0.4) is 0 Å². The van der Waals surface area contributed by atoms with Crippen LogP contribution in [0.15, 0.2) is 24.5 Å². The van der Waals surface area contributed by atoms with Crippen molar-refractivity contribution in [2.24, 2.45) is 0 Å². The molecule has 0 fully saturated rings. The van der Waals surface area contributed by atoms with Crippen LogP contribution in [-0.4, -0.2) is 9.38 Å². The average Bonchev–Trinajstić information content (AvgIpc) is 2.32. The second-order valence-electron chi connectivity index (χ2n) is 2.80. The van der Waals surface area contributed by atoms with Crippen molar-refractivity contribution in [1.29, 1.82) is 0 Å². The molecule has 0 aliphatic rings. The van der Waals surface area contributed by atoms with E-state index in [1.807, 2.05) is 19.3 Å². The molecule has 0 bridgehead atoms. The van der Waals surface area contributed by atoms with E-state index in [0.29, 0.717) is 0 Å². The fraction of sp³-hybridized carbons (Fsp3) is 0.222. The molecule has 0 unspecified atom stereocenters. The van der Waals surface area contributed by atoms with E-state index in [0.717, 1.165) is 5.82 Å². The molecule has 0 saturated carbocycles. The summed E-state index contributed by atoms with van der Waals surface area (Å²) in [6.45, 7) is 4.09. The van der Waals surface area contributed by atoms with Gasteiger partial charge in [0.1, 0.15) is 5.82 Å². The summed E-state index contributed by atoms with van der Waals surface area (Å²) in [4.78, 5) is 4.20. The van der Waals surface area contributed by atoms with Gasteiger partial charge in [0.2, 0.25) is 0 Å². The summed E-state index contributed by atoms with van der Waals surface area (Å²) in [5.74, 6) is 1.04. The van der Waals surface area contributed by atoms with Crippen LogP contribution >= 0.6 is 0 Å². The lowest BCUT2D eigenvalue weighted by molar-refractivity contribution is 1.04. The summed E-state index contributed by atoms with van der Waals surface area (Å²) in [5.41, 5.74) is 2.44. The number of pyridine rings is 1. The monoisotopic (exact) mass is 146 g/mol. The van der Waals surface area contributed by atoms with Gasteiger partial charge < -0.3 is 4.40 Å². The first-order chi connectivity index (χ1) is 5.27. The minimum atomic E-state index is 1.04. The Bertz CT molecular complexity index is 387. The largest absolute Gasteiger partial charge is 0.304 e. The van der Waals surface area contributed by atoms with Crippen molar-refractivity contribution in [2.45, 2.75) is 13.8 Å². The van der Waals surface area contributed by atoms with Crippen LogP contribution in [-0.2, 0) is 0 Å². The summed E-state index contributed by atoms with van der Waals surface area (Å²) >= 11 is 0. The van der Waals surface area contributed by atoms with Gasteiger partial charge in [-0.2, -0.15) is 0 Å². The van der Waals surface area contributed by atoms with Crippen molar-refractivity contribution in [3.8, 4) is 0 Å². The number of hydrogen-bond acceptors (Lipinski definition) is 1. The Labute approximate surface area is 65.5 Å². The second kappa shape index (κ2) is 2.09. The summed E-state index contributed by atoms with van der Waals surface area (Å²) in [6.07, 6.45) is 3.94. The van der Waals surface area contributed by atoms with Crippen LogP contribution in [0.25, 0.3) is 5.52 Å². The first-order valence-corrected chi connectivity index (χ1v) is 3.68. The number of rotatable bonds is 0. The van der Waals surface area contributed by atoms with Gasteiger partial charge in [-0.25, -0.2) is 4.98 Å². The summed E-state index contributed by atoms with van der Waals surface area (Å²) in [5, 5.41) is 0. The Balaban J connectivity index is 2.86. The lowest BCUT2D eigenvalue weighted by atomic mass is 10.3. The topological polar surface area (TPSA) is 17.3 Å². The molecular formula is C9H10N2. The molecule has 11 heavy (non-hydrogen) atoms. The first kappa shape index (κ1) is 6.40. The van der Waals surface area contributed by atoms with Gasteiger partial charge in [-0.1, -0.05) is 0 Å². The molecule has 0 amide bonds. The molecule has 0 N–H and O–H groups in total. The molecule has 2 aromatic rings. The predicted molar refractivity (Wildman–Crippen MR) is 44.7 cm³/mol. The van der Waals surface area contributed by atoms with Gasteiger partial charge in [-0.15, -0.1) is 0 Å². The number of imidazole rings is 1. The first-order valence-electron chi connectivity index (χ1n) is 3.68. The zero-order valence-electron chi connectivity index (χ0n) is 6.70. The van der Waals surface area contributed by atoms with Gasteiger partial charge in [-0.05, 0) is 31.5 Å². The van der Waals surface area contributed by atoms with Crippen molar-refractivity contribution in [2.75, 3.05) is 0 Å². The number of hydrogen-bond donors (Lipinski definition) is 0. The van der Waals surface area contributed by atoms with E-state index in [2.05, 4.69) is 28.4 Å². The fourth-order valence-electron chi connectivity index (χ4n) is 1.25. The molecule has 0 radical (unpaired) electrons. The third-order valence-corrected chi connectivity index (χ3v) is 1.87. The highest BCUT2D eigenvalue weighted by Gasteiger charge is 1.95. The van der Waals surface area contributed by atoms with E-state index in [9.17, 15) is 0 Å². The Morgan fingerprint density at radius 2 is 2.18 bits per heavy atom. The van der Waals surface area contributed by atoms with Crippen molar-refractivity contribution in [3.63, 3.8) is 0 Å². The van der Waals surface area contributed by atoms with Crippen molar-refractivity contribution >= 4 is 5.52 Å². The molecule has 56 valence electrons. The molecule has 0 atom stereocenters. The Morgan fingerprint density at radius 3 is 3.00 bits per heavy atom. The highest BCUT2D eigenvalue weighted by Crippen LogP contribution is 2.07. The minimum absolute atomic E-state index is 1.04. The maximum Gasteiger partial charge on any atom is 0.110 e. The maximum atomic E-state index is 4.20. The van der Waals surface area contributed by atoms with Crippen molar-refractivity contribution in [1.82, 2.24) is 9.38 Å². The van der Waals surface area contributed by atoms with E-state index in [1.165, 1.54) is 11.1 Å². The normalized spacial score (nSPS) is 10.7. The Kier molecular flexibility index (Phi) is 1.22. The predicted octanol–water partition coefficient (Wildman–Crippen LogP) is 1.95. The maximum absolute atomic E-state index is 4.20. The van der Waals surface area contributed by atoms with Crippen LogP contribution in [0, 0.1) is 13.8 Å². The van der Waals surface area contributed by atoms with E-state index in [-0.39, 0.29) is 0 Å². The molecule has 0 aliphatic carbocycles. The molecule has 0 aliphatic heterocycles. The molecule has 0 saturated heterocycles. The molecule has 2 rings (SSSR count). The zero-order chi connectivity index (χ0) is 7.84. The standard InChI is InChI=1S/C9H10N2/c1-7-3-4-11-8(2)10-6-9(11)5-7/h3-6H,1-2H3. The number of aromatic nitrogens is 2. The second-order valence-corrected chi connectivity index (χ2v) is 2.80. The molecule has 2 heterocycles. The van der Waals surface area contributed by atoms with Crippen LogP contribution in [0.5, 0.6) is 0 Å². The van der Waals surface area contributed by atoms with Crippen LogP contribution in [0.4, 0.5) is 0 Å². The fourth-order valence-corrected chi connectivity index (χ4v) is 1.25. The Morgan fingerprint density at radius 1 is 1.36 bits per heavy atom. The van der Waals surface area contributed by atoms with E-state index in [4.69, 9.17) is 0 Å². The summed E-state index contributed by atoms with van der Waals surface area (Å²) < 4.78 is 2.08. The molecule has 2 aromatic heterocycles. The molecule has 2 nitrogen and oxygen atoms in total. The van der Waals surface area contributed by atoms with Crippen molar-refractivity contribution < 1.29 is 0 Å². The number of fused-ring (bicyclic) bond motifs is 1.